The second kappa shape index (κ2) is 3.14. The highest BCUT2D eigenvalue weighted by atomic mass is 19.1. The number of esters is 1. The number of aromatic amines is 1. The van der Waals surface area contributed by atoms with Gasteiger partial charge in [0.2, 0.25) is 0 Å². The molecule has 1 N–H and O–H groups in total. The Kier molecular flexibility index (Phi) is 1.96. The van der Waals surface area contributed by atoms with Crippen LogP contribution in [0.2, 0.25) is 0 Å². The molecule has 2 aromatic rings. The number of hydrogen-bond donors (Lipinski definition) is 1. The molecule has 2 rings (SSSR count). The number of methoxy groups -OCH3 is 1. The summed E-state index contributed by atoms with van der Waals surface area (Å²) in [6.07, 6.45) is 0. The molecule has 0 aliphatic heterocycles. The molecule has 0 saturated heterocycles. The van der Waals surface area contributed by atoms with Crippen LogP contribution in [0.15, 0.2) is 24.3 Å². The molecule has 1 aromatic carbocycles. The van der Waals surface area contributed by atoms with Gasteiger partial charge in [0.25, 0.3) is 0 Å². The fraction of sp³-hybridized carbons (Fsp3) is 0.100. The standard InChI is InChI=1S/C10H8FNO2/c1-14-10(13)9-5-6-7(11)3-2-4-8(6)12-9/h2-5,12H,1H3. The van der Waals surface area contributed by atoms with E-state index in [9.17, 15) is 9.18 Å². The minimum absolute atomic E-state index is 0.257. The number of rotatable bonds is 1. The number of fused-ring (bicyclic) bond motifs is 1. The van der Waals surface area contributed by atoms with E-state index in [-0.39, 0.29) is 11.5 Å². The Morgan fingerprint density at radius 1 is 1.50 bits per heavy atom. The van der Waals surface area contributed by atoms with Gasteiger partial charge in [0.05, 0.1) is 7.11 Å². The van der Waals surface area contributed by atoms with Crippen molar-refractivity contribution in [3.05, 3.63) is 35.8 Å². The topological polar surface area (TPSA) is 42.1 Å². The van der Waals surface area contributed by atoms with E-state index < -0.39 is 5.97 Å². The summed E-state index contributed by atoms with van der Waals surface area (Å²) in [4.78, 5) is 13.9. The van der Waals surface area contributed by atoms with Crippen LogP contribution in [0.5, 0.6) is 0 Å². The third-order valence-electron chi connectivity index (χ3n) is 2.02. The Hall–Kier alpha value is -1.84. The summed E-state index contributed by atoms with van der Waals surface area (Å²) in [5.74, 6) is -0.852. The first-order valence-corrected chi connectivity index (χ1v) is 4.08. The monoisotopic (exact) mass is 193 g/mol. The maximum atomic E-state index is 13.2. The first-order chi connectivity index (χ1) is 6.72. The van der Waals surface area contributed by atoms with E-state index in [2.05, 4.69) is 9.72 Å². The van der Waals surface area contributed by atoms with Gasteiger partial charge < -0.3 is 9.72 Å². The molecule has 0 spiro atoms. The van der Waals surface area contributed by atoms with E-state index in [4.69, 9.17) is 0 Å². The molecule has 0 atom stereocenters. The fourth-order valence-corrected chi connectivity index (χ4v) is 1.34. The van der Waals surface area contributed by atoms with Gasteiger partial charge in [-0.2, -0.15) is 0 Å². The number of carbonyl (C=O) groups is 1. The van der Waals surface area contributed by atoms with Crippen molar-refractivity contribution in [1.29, 1.82) is 0 Å². The average molecular weight is 193 g/mol. The molecule has 1 aromatic heterocycles. The van der Waals surface area contributed by atoms with Crippen LogP contribution in [0.4, 0.5) is 4.39 Å². The van der Waals surface area contributed by atoms with Crippen LogP contribution in [-0.2, 0) is 4.74 Å². The molecule has 0 saturated carbocycles. The van der Waals surface area contributed by atoms with Crippen molar-refractivity contribution < 1.29 is 13.9 Å². The quantitative estimate of drug-likeness (QED) is 0.704. The number of H-pyrrole nitrogens is 1. The van der Waals surface area contributed by atoms with Crippen molar-refractivity contribution in [3.8, 4) is 0 Å². The Morgan fingerprint density at radius 3 is 2.93 bits per heavy atom. The third-order valence-corrected chi connectivity index (χ3v) is 2.02. The van der Waals surface area contributed by atoms with E-state index in [0.29, 0.717) is 10.9 Å². The molecule has 0 fully saturated rings. The molecule has 0 radical (unpaired) electrons. The van der Waals surface area contributed by atoms with Crippen LogP contribution >= 0.6 is 0 Å². The molecule has 3 nitrogen and oxygen atoms in total. The first kappa shape index (κ1) is 8.74. The van der Waals surface area contributed by atoms with Gasteiger partial charge in [0.1, 0.15) is 11.5 Å². The third kappa shape index (κ3) is 1.25. The summed E-state index contributed by atoms with van der Waals surface area (Å²) < 4.78 is 17.7. The number of nitrogens with one attached hydrogen (secondary N) is 1. The number of aromatic nitrogens is 1. The lowest BCUT2D eigenvalue weighted by Crippen LogP contribution is -2.00. The highest BCUT2D eigenvalue weighted by Crippen LogP contribution is 2.18. The normalized spacial score (nSPS) is 10.4. The van der Waals surface area contributed by atoms with Gasteiger partial charge in [0, 0.05) is 10.9 Å². The zero-order chi connectivity index (χ0) is 10.1. The summed E-state index contributed by atoms with van der Waals surface area (Å²) in [7, 11) is 1.28. The number of benzene rings is 1. The number of hydrogen-bond acceptors (Lipinski definition) is 2. The van der Waals surface area contributed by atoms with E-state index in [1.807, 2.05) is 0 Å². The van der Waals surface area contributed by atoms with Crippen molar-refractivity contribution in [2.45, 2.75) is 0 Å². The maximum absolute atomic E-state index is 13.2. The Labute approximate surface area is 79.5 Å². The van der Waals surface area contributed by atoms with E-state index in [0.717, 1.165) is 0 Å². The van der Waals surface area contributed by atoms with Gasteiger partial charge in [-0.3, -0.25) is 0 Å². The number of carbonyl (C=O) groups excluding carboxylic acids is 1. The Bertz CT molecular complexity index is 490. The van der Waals surface area contributed by atoms with E-state index >= 15 is 0 Å². The molecule has 4 heteroatoms. The summed E-state index contributed by atoms with van der Waals surface area (Å²) in [5.41, 5.74) is 0.845. The van der Waals surface area contributed by atoms with E-state index in [1.165, 1.54) is 19.2 Å². The Balaban J connectivity index is 2.62. The molecule has 0 amide bonds. The highest BCUT2D eigenvalue weighted by molar-refractivity contribution is 5.94. The SMILES string of the molecule is COC(=O)c1cc2c(F)cccc2[nH]1. The van der Waals surface area contributed by atoms with Crippen molar-refractivity contribution >= 4 is 16.9 Å². The lowest BCUT2D eigenvalue weighted by atomic mass is 10.2. The van der Waals surface area contributed by atoms with Crippen LogP contribution in [0, 0.1) is 5.82 Å². The summed E-state index contributed by atoms with van der Waals surface area (Å²) in [6, 6.07) is 6.06. The Morgan fingerprint density at radius 2 is 2.29 bits per heavy atom. The zero-order valence-electron chi connectivity index (χ0n) is 7.50. The fourth-order valence-electron chi connectivity index (χ4n) is 1.34. The molecule has 1 heterocycles. The predicted molar refractivity (Wildman–Crippen MR) is 49.6 cm³/mol. The number of halogens is 1. The van der Waals surface area contributed by atoms with Crippen LogP contribution < -0.4 is 0 Å². The van der Waals surface area contributed by atoms with Gasteiger partial charge in [-0.25, -0.2) is 9.18 Å². The van der Waals surface area contributed by atoms with Gasteiger partial charge in [0.15, 0.2) is 0 Å². The van der Waals surface area contributed by atoms with Crippen LogP contribution in [0.25, 0.3) is 10.9 Å². The lowest BCUT2D eigenvalue weighted by Gasteiger charge is -1.91. The molecule has 0 unspecified atom stereocenters. The molecular weight excluding hydrogens is 185 g/mol. The minimum atomic E-state index is -0.499. The second-order valence-corrected chi connectivity index (χ2v) is 2.88. The van der Waals surface area contributed by atoms with Crippen LogP contribution in [0.3, 0.4) is 0 Å². The van der Waals surface area contributed by atoms with Crippen molar-refractivity contribution in [2.75, 3.05) is 7.11 Å². The molecule has 14 heavy (non-hydrogen) atoms. The highest BCUT2D eigenvalue weighted by Gasteiger charge is 2.10. The van der Waals surface area contributed by atoms with Crippen molar-refractivity contribution in [1.82, 2.24) is 4.98 Å². The van der Waals surface area contributed by atoms with Crippen molar-refractivity contribution in [3.63, 3.8) is 0 Å². The molecule has 0 bridgehead atoms. The van der Waals surface area contributed by atoms with Crippen molar-refractivity contribution in [2.24, 2.45) is 0 Å². The largest absolute Gasteiger partial charge is 0.464 e. The number of ether oxygens (including phenoxy) is 1. The minimum Gasteiger partial charge on any atom is -0.464 e. The van der Waals surface area contributed by atoms with Crippen LogP contribution in [0.1, 0.15) is 10.5 Å². The summed E-state index contributed by atoms with van der Waals surface area (Å²) >= 11 is 0. The summed E-state index contributed by atoms with van der Waals surface area (Å²) in [6.45, 7) is 0. The smallest absolute Gasteiger partial charge is 0.354 e. The second-order valence-electron chi connectivity index (χ2n) is 2.88. The van der Waals surface area contributed by atoms with Gasteiger partial charge in [-0.15, -0.1) is 0 Å². The molecule has 72 valence electrons. The first-order valence-electron chi connectivity index (χ1n) is 4.08. The molecule has 0 aliphatic rings. The molecule has 0 aliphatic carbocycles. The average Bonchev–Trinajstić information content (AvgIpc) is 2.62. The predicted octanol–water partition coefficient (Wildman–Crippen LogP) is 2.09. The van der Waals surface area contributed by atoms with Gasteiger partial charge >= 0.3 is 5.97 Å². The van der Waals surface area contributed by atoms with E-state index in [1.54, 1.807) is 12.1 Å². The lowest BCUT2D eigenvalue weighted by molar-refractivity contribution is 0.0595. The summed E-state index contributed by atoms with van der Waals surface area (Å²) in [5, 5.41) is 0.396. The van der Waals surface area contributed by atoms with Gasteiger partial charge in [-0.1, -0.05) is 6.07 Å². The zero-order valence-corrected chi connectivity index (χ0v) is 7.50. The van der Waals surface area contributed by atoms with Gasteiger partial charge in [-0.05, 0) is 18.2 Å². The maximum Gasteiger partial charge on any atom is 0.354 e. The van der Waals surface area contributed by atoms with Crippen LogP contribution in [-0.4, -0.2) is 18.1 Å². The molecular formula is C10H8FNO2.